The smallest absolute Gasteiger partial charge is 0.332 e. The number of hydrogen-bond acceptors (Lipinski definition) is 3. The predicted octanol–water partition coefficient (Wildman–Crippen LogP) is 2.67. The van der Waals surface area contributed by atoms with Crippen molar-refractivity contribution >= 4 is 35.7 Å². The molecular weight excluding hydrogens is 357 g/mol. The van der Waals surface area contributed by atoms with E-state index in [1.165, 1.54) is 10.6 Å². The van der Waals surface area contributed by atoms with Crippen molar-refractivity contribution in [1.82, 2.24) is 0 Å². The van der Waals surface area contributed by atoms with E-state index in [0.717, 1.165) is 10.9 Å². The van der Waals surface area contributed by atoms with Gasteiger partial charge in [-0.3, -0.25) is 0 Å². The van der Waals surface area contributed by atoms with E-state index in [9.17, 15) is 9.90 Å². The second kappa shape index (κ2) is 7.73. The van der Waals surface area contributed by atoms with Crippen LogP contribution in [0.4, 0.5) is 0 Å². The Kier molecular flexibility index (Phi) is 4.99. The summed E-state index contributed by atoms with van der Waals surface area (Å²) in [7, 11) is -0.821. The van der Waals surface area contributed by atoms with E-state index in [2.05, 4.69) is 35.3 Å². The molecule has 0 bridgehead atoms. The lowest BCUT2D eigenvalue weighted by Crippen LogP contribution is -2.25. The average molecular weight is 375 g/mol. The first-order chi connectivity index (χ1) is 13.2. The van der Waals surface area contributed by atoms with Crippen LogP contribution in [0.1, 0.15) is 5.56 Å². The lowest BCUT2D eigenvalue weighted by molar-refractivity contribution is -0.138. The molecule has 1 aliphatic rings. The third-order valence-corrected chi connectivity index (χ3v) is 6.84. The first-order valence-corrected chi connectivity index (χ1v) is 10.0. The molecule has 4 rings (SSSR count). The summed E-state index contributed by atoms with van der Waals surface area (Å²) in [6.07, 6.45) is 0. The number of hydrogen-bond donors (Lipinski definition) is 1. The summed E-state index contributed by atoms with van der Waals surface area (Å²) in [4.78, 5) is 15.6. The number of rotatable bonds is 5. The lowest BCUT2D eigenvalue weighted by Gasteiger charge is -2.22. The van der Waals surface area contributed by atoms with E-state index >= 15 is 0 Å². The summed E-state index contributed by atoms with van der Waals surface area (Å²) in [5.74, 6) is -0.548. The highest BCUT2D eigenvalue weighted by atomic mass is 31.1. The van der Waals surface area contributed by atoms with Crippen molar-refractivity contribution in [2.75, 3.05) is 6.61 Å². The zero-order chi connectivity index (χ0) is 18.6. The Hall–Kier alpha value is -2.97. The SMILES string of the molecule is O=C(O)[C@@H]1COC(c2ccccc2P(c2ccccc2)c2ccccc2)=N1. The van der Waals surface area contributed by atoms with Gasteiger partial charge in [0.1, 0.15) is 6.61 Å². The minimum Gasteiger partial charge on any atom is -0.480 e. The standard InChI is InChI=1S/C22H18NO3P/c24-22(25)19-15-26-21(23-19)18-13-7-8-14-20(18)27(16-9-3-1-4-10-16)17-11-5-2-6-12-17/h1-14,19H,15H2,(H,24,25)/t19-/m0/s1. The minimum atomic E-state index is -0.962. The van der Waals surface area contributed by atoms with Gasteiger partial charge in [0.15, 0.2) is 6.04 Å². The highest BCUT2D eigenvalue weighted by Crippen LogP contribution is 2.34. The fourth-order valence-corrected chi connectivity index (χ4v) is 5.52. The highest BCUT2D eigenvalue weighted by molar-refractivity contribution is 7.80. The molecule has 0 fully saturated rings. The van der Waals surface area contributed by atoms with Crippen molar-refractivity contribution in [3.63, 3.8) is 0 Å². The topological polar surface area (TPSA) is 58.9 Å². The maximum Gasteiger partial charge on any atom is 0.332 e. The largest absolute Gasteiger partial charge is 0.480 e. The number of benzene rings is 3. The molecule has 134 valence electrons. The third kappa shape index (κ3) is 3.62. The van der Waals surface area contributed by atoms with Crippen LogP contribution in [0.5, 0.6) is 0 Å². The number of carboxylic acid groups (broad SMARTS) is 1. The van der Waals surface area contributed by atoms with Crippen molar-refractivity contribution in [3.8, 4) is 0 Å². The van der Waals surface area contributed by atoms with Crippen LogP contribution in [-0.4, -0.2) is 29.6 Å². The van der Waals surface area contributed by atoms with Crippen LogP contribution in [0.15, 0.2) is 89.9 Å². The molecule has 1 aliphatic heterocycles. The Balaban J connectivity index is 1.85. The maximum absolute atomic E-state index is 11.3. The normalized spacial score (nSPS) is 16.0. The molecule has 0 unspecified atom stereocenters. The fraction of sp³-hybridized carbons (Fsp3) is 0.0909. The molecule has 1 N–H and O–H groups in total. The first kappa shape index (κ1) is 17.4. The van der Waals surface area contributed by atoms with Crippen molar-refractivity contribution in [2.45, 2.75) is 6.04 Å². The monoisotopic (exact) mass is 375 g/mol. The quantitative estimate of drug-likeness (QED) is 0.698. The molecule has 0 aromatic heterocycles. The van der Waals surface area contributed by atoms with Crippen LogP contribution in [0.25, 0.3) is 0 Å². The lowest BCUT2D eigenvalue weighted by atomic mass is 10.2. The molecule has 0 aliphatic carbocycles. The minimum absolute atomic E-state index is 0.0770. The summed E-state index contributed by atoms with van der Waals surface area (Å²) in [5.41, 5.74) is 0.861. The second-order valence-electron chi connectivity index (χ2n) is 6.12. The van der Waals surface area contributed by atoms with Crippen molar-refractivity contribution in [1.29, 1.82) is 0 Å². The van der Waals surface area contributed by atoms with E-state index in [4.69, 9.17) is 4.74 Å². The first-order valence-electron chi connectivity index (χ1n) is 8.67. The molecule has 0 spiro atoms. The van der Waals surface area contributed by atoms with Crippen LogP contribution in [0.2, 0.25) is 0 Å². The van der Waals surface area contributed by atoms with Gasteiger partial charge in [-0.1, -0.05) is 78.9 Å². The number of aliphatic carboxylic acids is 1. The number of nitrogens with zero attached hydrogens (tertiary/aromatic N) is 1. The molecule has 3 aromatic rings. The summed E-state index contributed by atoms with van der Waals surface area (Å²) >= 11 is 0. The van der Waals surface area contributed by atoms with Crippen LogP contribution < -0.4 is 15.9 Å². The van der Waals surface area contributed by atoms with Gasteiger partial charge in [-0.2, -0.15) is 0 Å². The Bertz CT molecular complexity index is 934. The zero-order valence-electron chi connectivity index (χ0n) is 14.5. The number of carbonyl (C=O) groups is 1. The molecule has 0 saturated carbocycles. The Morgan fingerprint density at radius 3 is 2.00 bits per heavy atom. The van der Waals surface area contributed by atoms with E-state index < -0.39 is 19.9 Å². The molecule has 4 nitrogen and oxygen atoms in total. The molecule has 1 atom stereocenters. The van der Waals surface area contributed by atoms with Crippen LogP contribution >= 0.6 is 7.92 Å². The van der Waals surface area contributed by atoms with Gasteiger partial charge in [0.25, 0.3) is 0 Å². The molecule has 5 heteroatoms. The fourth-order valence-electron chi connectivity index (χ4n) is 3.08. The van der Waals surface area contributed by atoms with Crippen LogP contribution in [0.3, 0.4) is 0 Å². The molecule has 0 amide bonds. The van der Waals surface area contributed by atoms with Gasteiger partial charge in [0.05, 0.1) is 0 Å². The van der Waals surface area contributed by atoms with Gasteiger partial charge in [-0.15, -0.1) is 0 Å². The molecule has 1 heterocycles. The highest BCUT2D eigenvalue weighted by Gasteiger charge is 2.29. The maximum atomic E-state index is 11.3. The zero-order valence-corrected chi connectivity index (χ0v) is 15.4. The molecular formula is C22H18NO3P. The summed E-state index contributed by atoms with van der Waals surface area (Å²) < 4.78 is 5.66. The van der Waals surface area contributed by atoms with Gasteiger partial charge >= 0.3 is 5.97 Å². The Labute approximate surface area is 158 Å². The number of aliphatic imine (C=N–C) groups is 1. The third-order valence-electron chi connectivity index (χ3n) is 4.34. The summed E-state index contributed by atoms with van der Waals surface area (Å²) in [6, 6.07) is 27.9. The van der Waals surface area contributed by atoms with Crippen LogP contribution in [0, 0.1) is 0 Å². The molecule has 27 heavy (non-hydrogen) atoms. The van der Waals surface area contributed by atoms with Crippen molar-refractivity contribution < 1.29 is 14.6 Å². The molecule has 0 radical (unpaired) electrons. The molecule has 0 saturated heterocycles. The van der Waals surface area contributed by atoms with E-state index in [1.54, 1.807) is 0 Å². The number of ether oxygens (including phenoxy) is 1. The van der Waals surface area contributed by atoms with E-state index in [0.29, 0.717) is 5.90 Å². The van der Waals surface area contributed by atoms with Gasteiger partial charge in [-0.05, 0) is 29.9 Å². The number of carboxylic acids is 1. The summed E-state index contributed by atoms with van der Waals surface area (Å²) in [5, 5.41) is 12.8. The van der Waals surface area contributed by atoms with Gasteiger partial charge in [-0.25, -0.2) is 9.79 Å². The molecule has 3 aromatic carbocycles. The van der Waals surface area contributed by atoms with E-state index in [1.807, 2.05) is 54.6 Å². The van der Waals surface area contributed by atoms with Crippen molar-refractivity contribution in [2.24, 2.45) is 4.99 Å². The Morgan fingerprint density at radius 2 is 1.44 bits per heavy atom. The van der Waals surface area contributed by atoms with E-state index in [-0.39, 0.29) is 6.61 Å². The second-order valence-corrected chi connectivity index (χ2v) is 8.31. The summed E-state index contributed by atoms with van der Waals surface area (Å²) in [6.45, 7) is 0.0770. The van der Waals surface area contributed by atoms with Gasteiger partial charge in [0.2, 0.25) is 5.90 Å². The van der Waals surface area contributed by atoms with Crippen molar-refractivity contribution in [3.05, 3.63) is 90.5 Å². The Morgan fingerprint density at radius 1 is 0.889 bits per heavy atom. The predicted molar refractivity (Wildman–Crippen MR) is 109 cm³/mol. The average Bonchev–Trinajstić information content (AvgIpc) is 3.21. The van der Waals surface area contributed by atoms with Gasteiger partial charge in [0, 0.05) is 5.56 Å². The van der Waals surface area contributed by atoms with Crippen LogP contribution in [-0.2, 0) is 9.53 Å². The van der Waals surface area contributed by atoms with Gasteiger partial charge < -0.3 is 9.84 Å².